The second-order valence-corrected chi connectivity index (χ2v) is 5.58. The van der Waals surface area contributed by atoms with Crippen LogP contribution in [-0.2, 0) is 0 Å². The maximum absolute atomic E-state index is 6.25. The minimum atomic E-state index is 0.0860. The van der Waals surface area contributed by atoms with E-state index in [2.05, 4.69) is 24.8 Å². The van der Waals surface area contributed by atoms with Gasteiger partial charge in [0, 0.05) is 18.1 Å². The van der Waals surface area contributed by atoms with Crippen LogP contribution in [0.15, 0.2) is 24.3 Å². The molecule has 0 bridgehead atoms. The Morgan fingerprint density at radius 1 is 1.38 bits per heavy atom. The summed E-state index contributed by atoms with van der Waals surface area (Å²) in [5.41, 5.74) is 7.24. The quantitative estimate of drug-likeness (QED) is 0.815. The van der Waals surface area contributed by atoms with Gasteiger partial charge in [-0.05, 0) is 38.8 Å². The van der Waals surface area contributed by atoms with Crippen molar-refractivity contribution in [2.75, 3.05) is 11.4 Å². The zero-order chi connectivity index (χ0) is 11.8. The van der Waals surface area contributed by atoms with Crippen LogP contribution in [0.5, 0.6) is 0 Å². The Balaban J connectivity index is 2.31. The molecule has 1 heterocycles. The van der Waals surface area contributed by atoms with Crippen molar-refractivity contribution in [2.24, 2.45) is 5.73 Å². The van der Waals surface area contributed by atoms with E-state index in [9.17, 15) is 0 Å². The van der Waals surface area contributed by atoms with Gasteiger partial charge in [0.05, 0.1) is 10.7 Å². The van der Waals surface area contributed by atoms with Crippen LogP contribution >= 0.6 is 11.6 Å². The van der Waals surface area contributed by atoms with E-state index in [1.165, 1.54) is 0 Å². The van der Waals surface area contributed by atoms with Crippen LogP contribution in [0.3, 0.4) is 0 Å². The number of anilines is 1. The van der Waals surface area contributed by atoms with Gasteiger partial charge in [0.2, 0.25) is 0 Å². The summed E-state index contributed by atoms with van der Waals surface area (Å²) < 4.78 is 0. The van der Waals surface area contributed by atoms with Gasteiger partial charge < -0.3 is 10.6 Å². The van der Waals surface area contributed by atoms with E-state index < -0.39 is 0 Å². The highest BCUT2D eigenvalue weighted by Crippen LogP contribution is 2.35. The molecule has 1 saturated heterocycles. The highest BCUT2D eigenvalue weighted by atomic mass is 35.5. The number of nitrogens with two attached hydrogens (primary N) is 1. The van der Waals surface area contributed by atoms with Crippen molar-refractivity contribution in [1.82, 2.24) is 0 Å². The molecule has 1 aliphatic heterocycles. The molecule has 0 radical (unpaired) electrons. The second kappa shape index (κ2) is 4.27. The Kier molecular flexibility index (Phi) is 3.13. The topological polar surface area (TPSA) is 29.3 Å². The number of benzene rings is 1. The number of halogens is 1. The third kappa shape index (κ3) is 2.18. The SMILES string of the molecule is CC1(C)CC(N)CCN1c1ccccc1Cl. The number of piperidine rings is 1. The number of hydrogen-bond acceptors (Lipinski definition) is 2. The molecule has 16 heavy (non-hydrogen) atoms. The van der Waals surface area contributed by atoms with Crippen LogP contribution in [-0.4, -0.2) is 18.1 Å². The van der Waals surface area contributed by atoms with E-state index >= 15 is 0 Å². The molecule has 1 aromatic carbocycles. The van der Waals surface area contributed by atoms with E-state index in [-0.39, 0.29) is 5.54 Å². The first kappa shape index (κ1) is 11.7. The molecule has 0 aromatic heterocycles. The maximum Gasteiger partial charge on any atom is 0.0639 e. The lowest BCUT2D eigenvalue weighted by Crippen LogP contribution is -2.53. The van der Waals surface area contributed by atoms with E-state index in [0.717, 1.165) is 30.1 Å². The predicted molar refractivity (Wildman–Crippen MR) is 70.1 cm³/mol. The van der Waals surface area contributed by atoms with E-state index in [4.69, 9.17) is 17.3 Å². The number of para-hydroxylation sites is 1. The third-order valence-electron chi connectivity index (χ3n) is 3.36. The van der Waals surface area contributed by atoms with Gasteiger partial charge in [0.15, 0.2) is 0 Å². The van der Waals surface area contributed by atoms with Gasteiger partial charge in [-0.25, -0.2) is 0 Å². The van der Waals surface area contributed by atoms with Gasteiger partial charge >= 0.3 is 0 Å². The normalized spacial score (nSPS) is 24.5. The van der Waals surface area contributed by atoms with Crippen LogP contribution in [0.25, 0.3) is 0 Å². The lowest BCUT2D eigenvalue weighted by molar-refractivity contribution is 0.327. The van der Waals surface area contributed by atoms with Crippen LogP contribution in [0.2, 0.25) is 5.02 Å². The summed E-state index contributed by atoms with van der Waals surface area (Å²) in [7, 11) is 0. The van der Waals surface area contributed by atoms with E-state index in [1.54, 1.807) is 0 Å². The first-order valence-electron chi connectivity index (χ1n) is 5.78. The molecule has 1 aromatic rings. The minimum Gasteiger partial charge on any atom is -0.365 e. The molecule has 1 unspecified atom stereocenters. The molecule has 1 atom stereocenters. The summed E-state index contributed by atoms with van der Waals surface area (Å²) >= 11 is 6.25. The zero-order valence-electron chi connectivity index (χ0n) is 9.91. The number of nitrogens with zero attached hydrogens (tertiary/aromatic N) is 1. The Hall–Kier alpha value is -0.730. The predicted octanol–water partition coefficient (Wildman–Crippen LogP) is 3.05. The smallest absolute Gasteiger partial charge is 0.0639 e. The number of hydrogen-bond donors (Lipinski definition) is 1. The molecule has 2 rings (SSSR count). The van der Waals surface area contributed by atoms with Crippen LogP contribution in [0, 0.1) is 0 Å². The molecule has 1 fully saturated rings. The molecular formula is C13H19ClN2. The second-order valence-electron chi connectivity index (χ2n) is 5.17. The zero-order valence-corrected chi connectivity index (χ0v) is 10.7. The van der Waals surface area contributed by atoms with Crippen molar-refractivity contribution in [3.05, 3.63) is 29.3 Å². The minimum absolute atomic E-state index is 0.0860. The van der Waals surface area contributed by atoms with E-state index in [1.807, 2.05) is 18.2 Å². The Labute approximate surface area is 102 Å². The Morgan fingerprint density at radius 2 is 2.06 bits per heavy atom. The largest absolute Gasteiger partial charge is 0.365 e. The van der Waals surface area contributed by atoms with Gasteiger partial charge in [0.1, 0.15) is 0 Å². The first-order chi connectivity index (χ1) is 7.50. The van der Waals surface area contributed by atoms with Crippen molar-refractivity contribution < 1.29 is 0 Å². The molecule has 3 heteroatoms. The first-order valence-corrected chi connectivity index (χ1v) is 6.16. The monoisotopic (exact) mass is 238 g/mol. The standard InChI is InChI=1S/C13H19ClN2/c1-13(2)9-10(15)7-8-16(13)12-6-4-3-5-11(12)14/h3-6,10H,7-9,15H2,1-2H3. The van der Waals surface area contributed by atoms with Crippen molar-refractivity contribution in [2.45, 2.75) is 38.3 Å². The third-order valence-corrected chi connectivity index (χ3v) is 3.68. The molecule has 0 aliphatic carbocycles. The fourth-order valence-corrected chi connectivity index (χ4v) is 2.81. The van der Waals surface area contributed by atoms with Gasteiger partial charge in [-0.15, -0.1) is 0 Å². The summed E-state index contributed by atoms with van der Waals surface area (Å²) in [4.78, 5) is 2.37. The Bertz CT molecular complexity index is 376. The van der Waals surface area contributed by atoms with Crippen molar-refractivity contribution in [1.29, 1.82) is 0 Å². The van der Waals surface area contributed by atoms with Crippen molar-refractivity contribution >= 4 is 17.3 Å². The van der Waals surface area contributed by atoms with Gasteiger partial charge in [0.25, 0.3) is 0 Å². The fourth-order valence-electron chi connectivity index (χ4n) is 2.57. The molecule has 2 N–H and O–H groups in total. The van der Waals surface area contributed by atoms with E-state index in [0.29, 0.717) is 6.04 Å². The summed E-state index contributed by atoms with van der Waals surface area (Å²) in [5.74, 6) is 0. The summed E-state index contributed by atoms with van der Waals surface area (Å²) in [5, 5.41) is 0.825. The Morgan fingerprint density at radius 3 is 2.69 bits per heavy atom. The van der Waals surface area contributed by atoms with Crippen LogP contribution in [0.1, 0.15) is 26.7 Å². The summed E-state index contributed by atoms with van der Waals surface area (Å²) in [6.07, 6.45) is 2.05. The highest BCUT2D eigenvalue weighted by Gasteiger charge is 2.34. The van der Waals surface area contributed by atoms with Crippen molar-refractivity contribution in [3.8, 4) is 0 Å². The average Bonchev–Trinajstić information content (AvgIpc) is 2.18. The molecule has 0 spiro atoms. The fraction of sp³-hybridized carbons (Fsp3) is 0.538. The lowest BCUT2D eigenvalue weighted by Gasteiger charge is -2.46. The number of rotatable bonds is 1. The molecule has 0 saturated carbocycles. The van der Waals surface area contributed by atoms with Crippen molar-refractivity contribution in [3.63, 3.8) is 0 Å². The van der Waals surface area contributed by atoms with Crippen LogP contribution < -0.4 is 10.6 Å². The van der Waals surface area contributed by atoms with Crippen LogP contribution in [0.4, 0.5) is 5.69 Å². The average molecular weight is 239 g/mol. The van der Waals surface area contributed by atoms with Gasteiger partial charge in [-0.2, -0.15) is 0 Å². The van der Waals surface area contributed by atoms with Gasteiger partial charge in [-0.3, -0.25) is 0 Å². The molecule has 2 nitrogen and oxygen atoms in total. The maximum atomic E-state index is 6.25. The summed E-state index contributed by atoms with van der Waals surface area (Å²) in [6, 6.07) is 8.34. The highest BCUT2D eigenvalue weighted by molar-refractivity contribution is 6.33. The van der Waals surface area contributed by atoms with Gasteiger partial charge in [-0.1, -0.05) is 23.7 Å². The molecular weight excluding hydrogens is 220 g/mol. The molecule has 1 aliphatic rings. The molecule has 0 amide bonds. The summed E-state index contributed by atoms with van der Waals surface area (Å²) in [6.45, 7) is 5.45. The lowest BCUT2D eigenvalue weighted by atomic mass is 9.87. The molecule has 88 valence electrons.